The van der Waals surface area contributed by atoms with Gasteiger partial charge in [0.05, 0.1) is 11.1 Å². The summed E-state index contributed by atoms with van der Waals surface area (Å²) in [4.78, 5) is 14.0. The average Bonchev–Trinajstić information content (AvgIpc) is 2.49. The van der Waals surface area contributed by atoms with Crippen molar-refractivity contribution >= 4 is 16.6 Å². The average molecular weight is 326 g/mol. The number of hydrogen-bond acceptors (Lipinski definition) is 2. The fourth-order valence-corrected chi connectivity index (χ4v) is 2.78. The molecule has 0 aliphatic rings. The molecule has 1 heterocycles. The number of anilines is 1. The van der Waals surface area contributed by atoms with Crippen molar-refractivity contribution in [1.82, 2.24) is 4.57 Å². The molecule has 0 amide bonds. The van der Waals surface area contributed by atoms with E-state index in [4.69, 9.17) is 0 Å². The molecule has 0 unspecified atom stereocenters. The molecule has 0 spiro atoms. The summed E-state index contributed by atoms with van der Waals surface area (Å²) in [6.45, 7) is 5.76. The van der Waals surface area contributed by atoms with Crippen LogP contribution in [0.5, 0.6) is 0 Å². The summed E-state index contributed by atoms with van der Waals surface area (Å²) in [6.07, 6.45) is -2.65. The summed E-state index contributed by atoms with van der Waals surface area (Å²) < 4.78 is 40.8. The van der Waals surface area contributed by atoms with Gasteiger partial charge in [0.25, 0.3) is 5.56 Å². The zero-order chi connectivity index (χ0) is 17.2. The number of aromatic nitrogens is 1. The van der Waals surface area contributed by atoms with Crippen molar-refractivity contribution < 1.29 is 13.2 Å². The lowest BCUT2D eigenvalue weighted by molar-refractivity contribution is -0.136. The molecule has 0 aliphatic carbocycles. The van der Waals surface area contributed by atoms with Gasteiger partial charge in [-0.25, -0.2) is 0 Å². The van der Waals surface area contributed by atoms with Gasteiger partial charge >= 0.3 is 6.18 Å². The van der Waals surface area contributed by atoms with E-state index in [0.717, 1.165) is 31.6 Å². The zero-order valence-electron chi connectivity index (χ0n) is 13.6. The van der Waals surface area contributed by atoms with Gasteiger partial charge in [-0.05, 0) is 25.0 Å². The predicted octanol–water partition coefficient (Wildman–Crippen LogP) is 4.18. The first kappa shape index (κ1) is 17.4. The van der Waals surface area contributed by atoms with Crippen LogP contribution in [0.15, 0.2) is 29.1 Å². The van der Waals surface area contributed by atoms with E-state index in [1.54, 1.807) is 12.1 Å². The monoisotopic (exact) mass is 326 g/mol. The van der Waals surface area contributed by atoms with Gasteiger partial charge in [0.2, 0.25) is 0 Å². The largest absolute Gasteiger partial charge is 0.417 e. The first-order chi connectivity index (χ1) is 10.8. The minimum Gasteiger partial charge on any atom is -0.371 e. The molecule has 6 heteroatoms. The predicted molar refractivity (Wildman–Crippen MR) is 87.0 cm³/mol. The molecule has 0 atom stereocenters. The first-order valence-electron chi connectivity index (χ1n) is 7.75. The number of aryl methyl sites for hydroxylation is 1. The zero-order valence-corrected chi connectivity index (χ0v) is 13.6. The Morgan fingerprint density at radius 1 is 1.09 bits per heavy atom. The third kappa shape index (κ3) is 3.51. The highest BCUT2D eigenvalue weighted by atomic mass is 19.4. The molecule has 0 saturated heterocycles. The molecule has 0 aliphatic heterocycles. The maximum absolute atomic E-state index is 13.2. The molecular formula is C17H21F3N2O. The number of halogens is 3. The molecular weight excluding hydrogens is 305 g/mol. The second-order valence-corrected chi connectivity index (χ2v) is 5.64. The van der Waals surface area contributed by atoms with Crippen LogP contribution in [0, 0.1) is 0 Å². The van der Waals surface area contributed by atoms with Gasteiger partial charge in [0.15, 0.2) is 0 Å². The van der Waals surface area contributed by atoms with Crippen LogP contribution in [0.25, 0.3) is 10.9 Å². The van der Waals surface area contributed by atoms with Gasteiger partial charge in [-0.1, -0.05) is 19.9 Å². The Balaban J connectivity index is 2.67. The maximum Gasteiger partial charge on any atom is 0.417 e. The van der Waals surface area contributed by atoms with Crippen LogP contribution in [-0.4, -0.2) is 17.7 Å². The number of benzene rings is 1. The maximum atomic E-state index is 13.2. The number of hydrogen-bond donors (Lipinski definition) is 0. The van der Waals surface area contributed by atoms with E-state index >= 15 is 0 Å². The topological polar surface area (TPSA) is 25.2 Å². The molecule has 3 nitrogen and oxygen atoms in total. The van der Waals surface area contributed by atoms with E-state index in [0.29, 0.717) is 11.6 Å². The number of nitrogens with zero attached hydrogens (tertiary/aromatic N) is 2. The van der Waals surface area contributed by atoms with Crippen molar-refractivity contribution in [2.45, 2.75) is 32.9 Å². The molecule has 2 rings (SSSR count). The van der Waals surface area contributed by atoms with Gasteiger partial charge in [0, 0.05) is 37.3 Å². The lowest BCUT2D eigenvalue weighted by atomic mass is 10.1. The van der Waals surface area contributed by atoms with Crippen molar-refractivity contribution in [2.24, 2.45) is 7.05 Å². The lowest BCUT2D eigenvalue weighted by Crippen LogP contribution is -2.25. The molecule has 2 aromatic rings. The van der Waals surface area contributed by atoms with Crippen molar-refractivity contribution in [1.29, 1.82) is 0 Å². The van der Waals surface area contributed by atoms with E-state index in [-0.39, 0.29) is 5.39 Å². The standard InChI is InChI=1S/C17H21F3N2O/c1-4-8-22(9-5-2)12-6-7-13-14(17(18,19)20)11-16(23)21(3)15(13)10-12/h6-7,10-11H,4-5,8-9H2,1-3H3. The van der Waals surface area contributed by atoms with E-state index in [9.17, 15) is 18.0 Å². The summed E-state index contributed by atoms with van der Waals surface area (Å²) in [6, 6.07) is 5.51. The minimum absolute atomic E-state index is 0.0521. The Labute approximate surface area is 133 Å². The quantitative estimate of drug-likeness (QED) is 0.823. The normalized spacial score (nSPS) is 11.9. The van der Waals surface area contributed by atoms with Crippen LogP contribution < -0.4 is 10.5 Å². The van der Waals surface area contributed by atoms with Gasteiger partial charge in [-0.3, -0.25) is 4.79 Å². The second kappa shape index (κ2) is 6.64. The van der Waals surface area contributed by atoms with Gasteiger partial charge < -0.3 is 9.47 Å². The summed E-state index contributed by atoms with van der Waals surface area (Å²) in [5.74, 6) is 0. The van der Waals surface area contributed by atoms with Gasteiger partial charge in [-0.15, -0.1) is 0 Å². The van der Waals surface area contributed by atoms with Crippen LogP contribution in [-0.2, 0) is 13.2 Å². The highest BCUT2D eigenvalue weighted by Crippen LogP contribution is 2.34. The molecule has 0 saturated carbocycles. The smallest absolute Gasteiger partial charge is 0.371 e. The van der Waals surface area contributed by atoms with Crippen LogP contribution in [0.3, 0.4) is 0 Å². The molecule has 1 aromatic heterocycles. The molecule has 1 aromatic carbocycles. The summed E-state index contributed by atoms with van der Waals surface area (Å²) in [5.41, 5.74) is -0.380. The number of rotatable bonds is 5. The van der Waals surface area contributed by atoms with Crippen molar-refractivity contribution in [3.8, 4) is 0 Å². The second-order valence-electron chi connectivity index (χ2n) is 5.64. The van der Waals surface area contributed by atoms with E-state index in [2.05, 4.69) is 18.7 Å². The van der Waals surface area contributed by atoms with Crippen molar-refractivity contribution in [2.75, 3.05) is 18.0 Å². The molecule has 23 heavy (non-hydrogen) atoms. The van der Waals surface area contributed by atoms with Crippen LogP contribution >= 0.6 is 0 Å². The molecule has 0 bridgehead atoms. The SMILES string of the molecule is CCCN(CCC)c1ccc2c(C(F)(F)F)cc(=O)n(C)c2c1. The fraction of sp³-hybridized carbons (Fsp3) is 0.471. The van der Waals surface area contributed by atoms with Crippen molar-refractivity contribution in [3.63, 3.8) is 0 Å². The van der Waals surface area contributed by atoms with Gasteiger partial charge in [-0.2, -0.15) is 13.2 Å². The third-order valence-corrected chi connectivity index (χ3v) is 3.89. The highest BCUT2D eigenvalue weighted by Gasteiger charge is 2.33. The van der Waals surface area contributed by atoms with Crippen LogP contribution in [0.2, 0.25) is 0 Å². The van der Waals surface area contributed by atoms with E-state index in [1.807, 2.05) is 0 Å². The Kier molecular flexibility index (Phi) is 5.02. The Morgan fingerprint density at radius 3 is 2.22 bits per heavy atom. The number of alkyl halides is 3. The molecule has 0 fully saturated rings. The molecule has 0 radical (unpaired) electrons. The highest BCUT2D eigenvalue weighted by molar-refractivity contribution is 5.86. The third-order valence-electron chi connectivity index (χ3n) is 3.89. The Bertz CT molecular complexity index is 744. The van der Waals surface area contributed by atoms with E-state index < -0.39 is 17.3 Å². The Hall–Kier alpha value is -1.98. The number of fused-ring (bicyclic) bond motifs is 1. The molecule has 126 valence electrons. The minimum atomic E-state index is -4.54. The van der Waals surface area contributed by atoms with Gasteiger partial charge in [0.1, 0.15) is 0 Å². The first-order valence-corrected chi connectivity index (χ1v) is 7.75. The summed E-state index contributed by atoms with van der Waals surface area (Å²) in [7, 11) is 1.50. The summed E-state index contributed by atoms with van der Waals surface area (Å²) in [5, 5.41) is 0.0521. The summed E-state index contributed by atoms with van der Waals surface area (Å²) >= 11 is 0. The van der Waals surface area contributed by atoms with E-state index in [1.165, 1.54) is 17.7 Å². The number of pyridine rings is 1. The fourth-order valence-electron chi connectivity index (χ4n) is 2.78. The lowest BCUT2D eigenvalue weighted by Gasteiger charge is -2.24. The molecule has 0 N–H and O–H groups in total. The van der Waals surface area contributed by atoms with Crippen LogP contribution in [0.1, 0.15) is 32.3 Å². The van der Waals surface area contributed by atoms with Crippen LogP contribution in [0.4, 0.5) is 18.9 Å². The van der Waals surface area contributed by atoms with Crippen molar-refractivity contribution in [3.05, 3.63) is 40.2 Å². The Morgan fingerprint density at radius 2 is 1.70 bits per heavy atom.